The van der Waals surface area contributed by atoms with E-state index in [4.69, 9.17) is 5.11 Å². The zero-order chi connectivity index (χ0) is 15.7. The van der Waals surface area contributed by atoms with E-state index in [-0.39, 0.29) is 30.2 Å². The molecule has 2 rings (SSSR count). The highest BCUT2D eigenvalue weighted by molar-refractivity contribution is 5.76. The molecule has 114 valence electrons. The van der Waals surface area contributed by atoms with Crippen LogP contribution in [0.2, 0.25) is 0 Å². The van der Waals surface area contributed by atoms with Gasteiger partial charge in [-0.25, -0.2) is 4.79 Å². The fraction of sp³-hybridized carbons (Fsp3) is 0.500. The number of hydrogen-bond acceptors (Lipinski definition) is 5. The van der Waals surface area contributed by atoms with Gasteiger partial charge in [0, 0.05) is 20.1 Å². The number of carbonyl (C=O) groups is 1. The monoisotopic (exact) mass is 295 g/mol. The molecular weight excluding hydrogens is 278 g/mol. The zero-order valence-corrected chi connectivity index (χ0v) is 12.1. The molecule has 0 aromatic carbocycles. The van der Waals surface area contributed by atoms with Crippen LogP contribution in [0.25, 0.3) is 11.2 Å². The molecule has 0 spiro atoms. The molecule has 0 saturated carbocycles. The molecule has 2 heterocycles. The minimum Gasteiger partial charge on any atom is -0.480 e. The summed E-state index contributed by atoms with van der Waals surface area (Å²) in [4.78, 5) is 39.3. The number of carboxylic acid groups (broad SMARTS) is 1. The number of aliphatic carboxylic acids is 1. The average Bonchev–Trinajstić information content (AvgIpc) is 2.82. The minimum atomic E-state index is -1.04. The number of aryl methyl sites for hydroxylation is 2. The summed E-state index contributed by atoms with van der Waals surface area (Å²) >= 11 is 0. The number of rotatable bonds is 5. The number of aromatic nitrogens is 4. The number of hydrogen-bond donors (Lipinski definition) is 2. The van der Waals surface area contributed by atoms with Crippen LogP contribution >= 0.6 is 0 Å². The van der Waals surface area contributed by atoms with Gasteiger partial charge in [0.15, 0.2) is 11.2 Å². The van der Waals surface area contributed by atoms with Crippen molar-refractivity contribution in [3.05, 3.63) is 20.8 Å². The summed E-state index contributed by atoms with van der Waals surface area (Å²) in [5.41, 5.74) is -0.340. The van der Waals surface area contributed by atoms with E-state index in [9.17, 15) is 14.4 Å². The van der Waals surface area contributed by atoms with Crippen molar-refractivity contribution in [3.8, 4) is 0 Å². The highest BCUT2D eigenvalue weighted by Gasteiger charge is 2.19. The lowest BCUT2D eigenvalue weighted by Gasteiger charge is -2.08. The first-order valence-electron chi connectivity index (χ1n) is 6.58. The first-order chi connectivity index (χ1) is 9.92. The van der Waals surface area contributed by atoms with Crippen LogP contribution < -0.4 is 16.6 Å². The van der Waals surface area contributed by atoms with Crippen molar-refractivity contribution < 1.29 is 9.90 Å². The van der Waals surface area contributed by atoms with Gasteiger partial charge in [-0.05, 0) is 13.8 Å². The molecule has 0 aliphatic carbocycles. The summed E-state index contributed by atoms with van der Waals surface area (Å²) in [5.74, 6) is -0.777. The predicted octanol–water partition coefficient (Wildman–Crippen LogP) is -0.567. The maximum Gasteiger partial charge on any atom is 0.332 e. The fourth-order valence-electron chi connectivity index (χ4n) is 2.25. The van der Waals surface area contributed by atoms with Crippen LogP contribution in [-0.4, -0.2) is 36.3 Å². The van der Waals surface area contributed by atoms with Gasteiger partial charge in [0.1, 0.15) is 6.54 Å². The summed E-state index contributed by atoms with van der Waals surface area (Å²) in [6.45, 7) is 3.89. The molecule has 2 aromatic rings. The van der Waals surface area contributed by atoms with Crippen LogP contribution in [0.5, 0.6) is 0 Å². The number of imidazole rings is 1. The van der Waals surface area contributed by atoms with E-state index < -0.39 is 17.2 Å². The molecule has 9 heteroatoms. The molecular formula is C12H17N5O4. The predicted molar refractivity (Wildman–Crippen MR) is 76.7 cm³/mol. The Morgan fingerprint density at radius 1 is 1.24 bits per heavy atom. The third kappa shape index (κ3) is 2.30. The number of nitrogens with zero attached hydrogens (tertiary/aromatic N) is 4. The second-order valence-electron chi connectivity index (χ2n) is 4.49. The Kier molecular flexibility index (Phi) is 3.83. The lowest BCUT2D eigenvalue weighted by atomic mass is 10.4. The Morgan fingerprint density at radius 2 is 1.86 bits per heavy atom. The van der Waals surface area contributed by atoms with Crippen molar-refractivity contribution in [2.75, 3.05) is 11.9 Å². The molecule has 2 aromatic heterocycles. The smallest absolute Gasteiger partial charge is 0.332 e. The quantitative estimate of drug-likeness (QED) is 0.764. The maximum atomic E-state index is 12.4. The summed E-state index contributed by atoms with van der Waals surface area (Å²) in [6.07, 6.45) is 0. The lowest BCUT2D eigenvalue weighted by molar-refractivity contribution is -0.134. The molecule has 0 fully saturated rings. The molecule has 2 N–H and O–H groups in total. The molecule has 0 aliphatic heterocycles. The summed E-state index contributed by atoms with van der Waals surface area (Å²) in [7, 11) is 1.53. The van der Waals surface area contributed by atoms with Crippen molar-refractivity contribution in [3.63, 3.8) is 0 Å². The van der Waals surface area contributed by atoms with E-state index >= 15 is 0 Å². The highest BCUT2D eigenvalue weighted by Crippen LogP contribution is 2.14. The van der Waals surface area contributed by atoms with Crippen molar-refractivity contribution >= 4 is 23.1 Å². The standard InChI is InChI=1S/C12H17N5O4/c1-4-16-8-9(14-11(16)13-6-7(18)19)15(3)12(21)17(5-2)10(8)20/h4-6H2,1-3H3,(H,13,14)(H,18,19). The Balaban J connectivity index is 2.79. The number of carboxylic acids is 1. The van der Waals surface area contributed by atoms with Crippen molar-refractivity contribution in [1.29, 1.82) is 0 Å². The van der Waals surface area contributed by atoms with Gasteiger partial charge in [-0.1, -0.05) is 0 Å². The molecule has 0 atom stereocenters. The van der Waals surface area contributed by atoms with Gasteiger partial charge in [0.05, 0.1) is 0 Å². The summed E-state index contributed by atoms with van der Waals surface area (Å²) in [6, 6.07) is 0. The third-order valence-electron chi connectivity index (χ3n) is 3.26. The van der Waals surface area contributed by atoms with Crippen molar-refractivity contribution in [1.82, 2.24) is 18.7 Å². The van der Waals surface area contributed by atoms with Crippen LogP contribution in [-0.2, 0) is 24.9 Å². The third-order valence-corrected chi connectivity index (χ3v) is 3.26. The molecule has 21 heavy (non-hydrogen) atoms. The van der Waals surface area contributed by atoms with Gasteiger partial charge >= 0.3 is 11.7 Å². The van der Waals surface area contributed by atoms with Gasteiger partial charge in [-0.2, -0.15) is 4.98 Å². The fourth-order valence-corrected chi connectivity index (χ4v) is 2.25. The summed E-state index contributed by atoms with van der Waals surface area (Å²) < 4.78 is 3.99. The topological polar surface area (TPSA) is 111 Å². The normalized spacial score (nSPS) is 11.0. The molecule has 0 radical (unpaired) electrons. The Bertz CT molecular complexity index is 814. The zero-order valence-electron chi connectivity index (χ0n) is 12.1. The summed E-state index contributed by atoms with van der Waals surface area (Å²) in [5, 5.41) is 11.4. The van der Waals surface area contributed by atoms with E-state index in [0.717, 1.165) is 4.57 Å². The van der Waals surface area contributed by atoms with Gasteiger partial charge in [-0.15, -0.1) is 0 Å². The van der Waals surface area contributed by atoms with Gasteiger partial charge in [-0.3, -0.25) is 18.7 Å². The second-order valence-corrected chi connectivity index (χ2v) is 4.49. The van der Waals surface area contributed by atoms with Gasteiger partial charge < -0.3 is 15.0 Å². The van der Waals surface area contributed by atoms with Crippen LogP contribution in [0.1, 0.15) is 13.8 Å². The van der Waals surface area contributed by atoms with Crippen molar-refractivity contribution in [2.24, 2.45) is 7.05 Å². The van der Waals surface area contributed by atoms with E-state index in [1.807, 2.05) is 6.92 Å². The molecule has 0 aliphatic rings. The van der Waals surface area contributed by atoms with E-state index in [1.165, 1.54) is 11.6 Å². The lowest BCUT2D eigenvalue weighted by Crippen LogP contribution is -2.39. The molecule has 9 nitrogen and oxygen atoms in total. The molecule has 0 unspecified atom stereocenters. The minimum absolute atomic E-state index is 0.240. The first-order valence-corrected chi connectivity index (χ1v) is 6.58. The maximum absolute atomic E-state index is 12.4. The van der Waals surface area contributed by atoms with E-state index in [0.29, 0.717) is 6.54 Å². The number of anilines is 1. The molecule has 0 bridgehead atoms. The van der Waals surface area contributed by atoms with Gasteiger partial charge in [0.25, 0.3) is 5.56 Å². The van der Waals surface area contributed by atoms with E-state index in [2.05, 4.69) is 10.3 Å². The van der Waals surface area contributed by atoms with Crippen LogP contribution in [0.4, 0.5) is 5.95 Å². The van der Waals surface area contributed by atoms with Crippen LogP contribution in [0.3, 0.4) is 0 Å². The van der Waals surface area contributed by atoms with Crippen LogP contribution in [0.15, 0.2) is 9.59 Å². The second kappa shape index (κ2) is 5.43. The molecule has 0 amide bonds. The van der Waals surface area contributed by atoms with E-state index in [1.54, 1.807) is 11.5 Å². The van der Waals surface area contributed by atoms with Crippen molar-refractivity contribution in [2.45, 2.75) is 26.9 Å². The largest absolute Gasteiger partial charge is 0.480 e. The average molecular weight is 295 g/mol. The Labute approximate surface area is 119 Å². The SMILES string of the molecule is CCn1c(=O)c2c(nc(NCC(=O)O)n2CC)n(C)c1=O. The van der Waals surface area contributed by atoms with Gasteiger partial charge in [0.2, 0.25) is 5.95 Å². The number of fused-ring (bicyclic) bond motifs is 1. The first kappa shape index (κ1) is 14.8. The van der Waals surface area contributed by atoms with Crippen LogP contribution in [0, 0.1) is 0 Å². The Morgan fingerprint density at radius 3 is 2.38 bits per heavy atom. The Hall–Kier alpha value is -2.58. The highest BCUT2D eigenvalue weighted by atomic mass is 16.4. The molecule has 0 saturated heterocycles. The number of nitrogens with one attached hydrogen (secondary N) is 1.